The van der Waals surface area contributed by atoms with Crippen LogP contribution in [0, 0.1) is 19.7 Å². The van der Waals surface area contributed by atoms with E-state index in [2.05, 4.69) is 4.90 Å². The standard InChI is InChI=1S/C27H29FN2O2/c1-20-4-3-5-21(2)26(20)32-19-23-6-10-24(11-7-23)27(31)30-16-14-29(15-17-30)18-22-8-12-25(28)13-9-22/h3-13H,14-19H2,1-2H3. The van der Waals surface area contributed by atoms with Crippen molar-refractivity contribution >= 4 is 5.91 Å². The number of halogens is 1. The normalized spacial score (nSPS) is 14.4. The summed E-state index contributed by atoms with van der Waals surface area (Å²) in [5.41, 5.74) is 5.07. The summed E-state index contributed by atoms with van der Waals surface area (Å²) in [7, 11) is 0. The van der Waals surface area contributed by atoms with Gasteiger partial charge in [-0.15, -0.1) is 0 Å². The molecule has 0 atom stereocenters. The van der Waals surface area contributed by atoms with Gasteiger partial charge in [0.25, 0.3) is 5.91 Å². The van der Waals surface area contributed by atoms with Crippen LogP contribution in [-0.2, 0) is 13.2 Å². The number of hydrogen-bond acceptors (Lipinski definition) is 3. The molecule has 0 unspecified atom stereocenters. The van der Waals surface area contributed by atoms with Gasteiger partial charge in [0.1, 0.15) is 18.2 Å². The minimum absolute atomic E-state index is 0.0636. The summed E-state index contributed by atoms with van der Waals surface area (Å²) < 4.78 is 19.1. The van der Waals surface area contributed by atoms with Gasteiger partial charge >= 0.3 is 0 Å². The molecule has 1 aliphatic heterocycles. The summed E-state index contributed by atoms with van der Waals surface area (Å²) in [6.07, 6.45) is 0. The first kappa shape index (κ1) is 22.0. The summed E-state index contributed by atoms with van der Waals surface area (Å²) in [6.45, 7) is 8.34. The number of carbonyl (C=O) groups is 1. The van der Waals surface area contributed by atoms with Crippen LogP contribution in [0.1, 0.15) is 32.6 Å². The number of piperazine rings is 1. The summed E-state index contributed by atoms with van der Waals surface area (Å²) in [5, 5.41) is 0. The number of ether oxygens (including phenoxy) is 1. The summed E-state index contributed by atoms with van der Waals surface area (Å²) in [5.74, 6) is 0.770. The van der Waals surface area contributed by atoms with Crippen LogP contribution in [0.5, 0.6) is 5.75 Å². The number of para-hydroxylation sites is 1. The van der Waals surface area contributed by atoms with Crippen molar-refractivity contribution in [2.75, 3.05) is 26.2 Å². The highest BCUT2D eigenvalue weighted by molar-refractivity contribution is 5.94. The Morgan fingerprint density at radius 3 is 2.06 bits per heavy atom. The van der Waals surface area contributed by atoms with Crippen molar-refractivity contribution in [3.05, 3.63) is 100 Å². The minimum atomic E-state index is -0.216. The predicted octanol–water partition coefficient (Wildman–Crippen LogP) is 4.98. The molecule has 0 aliphatic carbocycles. The monoisotopic (exact) mass is 432 g/mol. The van der Waals surface area contributed by atoms with Crippen molar-refractivity contribution in [3.8, 4) is 5.75 Å². The van der Waals surface area contributed by atoms with Crippen LogP contribution >= 0.6 is 0 Å². The van der Waals surface area contributed by atoms with Crippen LogP contribution in [0.3, 0.4) is 0 Å². The van der Waals surface area contributed by atoms with Crippen molar-refractivity contribution in [2.24, 2.45) is 0 Å². The highest BCUT2D eigenvalue weighted by Crippen LogP contribution is 2.23. The van der Waals surface area contributed by atoms with Gasteiger partial charge in [0, 0.05) is 38.3 Å². The Balaban J connectivity index is 1.29. The average molecular weight is 433 g/mol. The van der Waals surface area contributed by atoms with Crippen LogP contribution in [0.4, 0.5) is 4.39 Å². The third-order valence-corrected chi connectivity index (χ3v) is 5.97. The molecule has 3 aromatic carbocycles. The van der Waals surface area contributed by atoms with E-state index in [1.165, 1.54) is 12.1 Å². The van der Waals surface area contributed by atoms with Gasteiger partial charge in [0.05, 0.1) is 0 Å². The lowest BCUT2D eigenvalue weighted by molar-refractivity contribution is 0.0628. The van der Waals surface area contributed by atoms with Crippen LogP contribution in [-0.4, -0.2) is 41.9 Å². The zero-order chi connectivity index (χ0) is 22.5. The maximum atomic E-state index is 13.1. The molecule has 1 saturated heterocycles. The molecule has 0 spiro atoms. The van der Waals surface area contributed by atoms with E-state index in [4.69, 9.17) is 4.74 Å². The first-order valence-corrected chi connectivity index (χ1v) is 11.0. The molecular formula is C27H29FN2O2. The third-order valence-electron chi connectivity index (χ3n) is 5.97. The van der Waals surface area contributed by atoms with E-state index in [1.807, 2.05) is 73.3 Å². The Morgan fingerprint density at radius 2 is 1.44 bits per heavy atom. The highest BCUT2D eigenvalue weighted by Gasteiger charge is 2.22. The molecule has 4 nitrogen and oxygen atoms in total. The number of amides is 1. The van der Waals surface area contributed by atoms with Gasteiger partial charge in [-0.05, 0) is 60.4 Å². The molecule has 0 saturated carbocycles. The summed E-state index contributed by atoms with van der Waals surface area (Å²) >= 11 is 0. The molecular weight excluding hydrogens is 403 g/mol. The number of hydrogen-bond donors (Lipinski definition) is 0. The summed E-state index contributed by atoms with van der Waals surface area (Å²) in [4.78, 5) is 17.1. The Kier molecular flexibility index (Phi) is 6.86. The largest absolute Gasteiger partial charge is 0.488 e. The molecule has 1 aliphatic rings. The van der Waals surface area contributed by atoms with Crippen molar-refractivity contribution in [1.29, 1.82) is 0 Å². The molecule has 166 valence electrons. The fourth-order valence-electron chi connectivity index (χ4n) is 4.07. The van der Waals surface area contributed by atoms with Crippen LogP contribution < -0.4 is 4.74 Å². The molecule has 4 rings (SSSR count). The second-order valence-electron chi connectivity index (χ2n) is 8.40. The van der Waals surface area contributed by atoms with Gasteiger partial charge in [-0.1, -0.05) is 42.5 Å². The Labute approximate surface area is 189 Å². The predicted molar refractivity (Wildman–Crippen MR) is 124 cm³/mol. The second-order valence-corrected chi connectivity index (χ2v) is 8.40. The van der Waals surface area contributed by atoms with Crippen molar-refractivity contribution < 1.29 is 13.9 Å². The zero-order valence-electron chi connectivity index (χ0n) is 18.7. The van der Waals surface area contributed by atoms with E-state index in [0.717, 1.165) is 47.6 Å². The number of benzene rings is 3. The zero-order valence-corrected chi connectivity index (χ0v) is 18.7. The van der Waals surface area contributed by atoms with E-state index in [-0.39, 0.29) is 11.7 Å². The molecule has 0 radical (unpaired) electrons. The molecule has 0 aromatic heterocycles. The van der Waals surface area contributed by atoms with Gasteiger partial charge in [0.2, 0.25) is 0 Å². The molecule has 5 heteroatoms. The lowest BCUT2D eigenvalue weighted by Gasteiger charge is -2.34. The number of carbonyl (C=O) groups excluding carboxylic acids is 1. The van der Waals surface area contributed by atoms with Gasteiger partial charge in [0.15, 0.2) is 0 Å². The Morgan fingerprint density at radius 1 is 0.844 bits per heavy atom. The first-order valence-electron chi connectivity index (χ1n) is 11.0. The van der Waals surface area contributed by atoms with Gasteiger partial charge in [-0.2, -0.15) is 0 Å². The first-order chi connectivity index (χ1) is 15.5. The maximum Gasteiger partial charge on any atom is 0.253 e. The van der Waals surface area contributed by atoms with Crippen molar-refractivity contribution in [1.82, 2.24) is 9.80 Å². The number of nitrogens with zero attached hydrogens (tertiary/aromatic N) is 2. The van der Waals surface area contributed by atoms with E-state index in [9.17, 15) is 9.18 Å². The van der Waals surface area contributed by atoms with E-state index in [0.29, 0.717) is 25.3 Å². The highest BCUT2D eigenvalue weighted by atomic mass is 19.1. The molecule has 32 heavy (non-hydrogen) atoms. The topological polar surface area (TPSA) is 32.8 Å². The Bertz CT molecular complexity index is 1040. The van der Waals surface area contributed by atoms with E-state index < -0.39 is 0 Å². The number of aryl methyl sites for hydroxylation is 2. The molecule has 1 amide bonds. The molecule has 1 fully saturated rings. The minimum Gasteiger partial charge on any atom is -0.488 e. The fraction of sp³-hybridized carbons (Fsp3) is 0.296. The van der Waals surface area contributed by atoms with Gasteiger partial charge in [-0.3, -0.25) is 9.69 Å². The fourth-order valence-corrected chi connectivity index (χ4v) is 4.07. The third kappa shape index (κ3) is 5.35. The van der Waals surface area contributed by atoms with Gasteiger partial charge in [-0.25, -0.2) is 4.39 Å². The maximum absolute atomic E-state index is 13.1. The molecule has 1 heterocycles. The lowest BCUT2D eigenvalue weighted by Crippen LogP contribution is -2.48. The van der Waals surface area contributed by atoms with Crippen LogP contribution in [0.2, 0.25) is 0 Å². The second kappa shape index (κ2) is 9.96. The number of rotatable bonds is 6. The van der Waals surface area contributed by atoms with Crippen molar-refractivity contribution in [3.63, 3.8) is 0 Å². The van der Waals surface area contributed by atoms with Crippen LogP contribution in [0.25, 0.3) is 0 Å². The van der Waals surface area contributed by atoms with E-state index >= 15 is 0 Å². The smallest absolute Gasteiger partial charge is 0.253 e. The van der Waals surface area contributed by atoms with Crippen molar-refractivity contribution in [2.45, 2.75) is 27.0 Å². The Hall–Kier alpha value is -3.18. The summed E-state index contributed by atoms with van der Waals surface area (Å²) in [6, 6.07) is 20.4. The molecule has 0 bridgehead atoms. The van der Waals surface area contributed by atoms with E-state index in [1.54, 1.807) is 0 Å². The average Bonchev–Trinajstić information content (AvgIpc) is 2.81. The SMILES string of the molecule is Cc1cccc(C)c1OCc1ccc(C(=O)N2CCN(Cc3ccc(F)cc3)CC2)cc1. The lowest BCUT2D eigenvalue weighted by atomic mass is 10.1. The molecule has 0 N–H and O–H groups in total. The van der Waals surface area contributed by atoms with Crippen LogP contribution in [0.15, 0.2) is 66.7 Å². The van der Waals surface area contributed by atoms with Gasteiger partial charge < -0.3 is 9.64 Å². The molecule has 3 aromatic rings. The quantitative estimate of drug-likeness (QED) is 0.551.